The van der Waals surface area contributed by atoms with Crippen molar-refractivity contribution in [1.29, 1.82) is 0 Å². The summed E-state index contributed by atoms with van der Waals surface area (Å²) in [4.78, 5) is 107. The highest BCUT2D eigenvalue weighted by Crippen LogP contribution is 2.61. The zero-order valence-electron chi connectivity index (χ0n) is 34.8. The van der Waals surface area contributed by atoms with Crippen molar-refractivity contribution in [2.45, 2.75) is 88.9 Å². The zero-order chi connectivity index (χ0) is 48.0. The van der Waals surface area contributed by atoms with Gasteiger partial charge >= 0.3 is 23.5 Å². The number of thioether (sulfide) groups is 1. The smallest absolute Gasteiger partial charge is 0.397 e. The van der Waals surface area contributed by atoms with E-state index >= 15 is 0 Å². The first kappa shape index (κ1) is 54.9. The minimum absolute atomic E-state index is 0.120. The van der Waals surface area contributed by atoms with E-state index in [9.17, 15) is 67.5 Å². The average Bonchev–Trinajstić information content (AvgIpc) is 3.74. The van der Waals surface area contributed by atoms with Gasteiger partial charge in [-0.05, 0) is 25.3 Å². The fraction of sp³-hybridized carbons (Fsp3) is 0.667. The molecule has 1 aromatic rings. The van der Waals surface area contributed by atoms with Crippen molar-refractivity contribution < 1.29 is 90.1 Å². The van der Waals surface area contributed by atoms with Crippen LogP contribution in [0.25, 0.3) is 0 Å². The third-order valence-electron chi connectivity index (χ3n) is 9.26. The van der Waals surface area contributed by atoms with E-state index in [2.05, 4.69) is 40.1 Å². The number of primary amides is 1. The molecule has 9 atom stereocenters. The number of hydrogen-bond donors (Lipinski definition) is 12. The van der Waals surface area contributed by atoms with Gasteiger partial charge in [-0.1, -0.05) is 13.8 Å². The molecule has 0 spiro atoms. The second-order valence-corrected chi connectivity index (χ2v) is 20.4. The van der Waals surface area contributed by atoms with Gasteiger partial charge in [0.25, 0.3) is 0 Å². The van der Waals surface area contributed by atoms with E-state index < -0.39 is 102 Å². The van der Waals surface area contributed by atoms with E-state index in [1.807, 2.05) is 0 Å². The Morgan fingerprint density at radius 3 is 2.31 bits per heavy atom. The van der Waals surface area contributed by atoms with Gasteiger partial charge < -0.3 is 67.3 Å². The number of nitrogens with zero attached hydrogens (tertiary/aromatic N) is 2. The molecule has 31 heteroatoms. The summed E-state index contributed by atoms with van der Waals surface area (Å²) in [6, 6.07) is 0.685. The van der Waals surface area contributed by atoms with E-state index in [-0.39, 0.29) is 54.1 Å². The molecule has 3 unspecified atom stereocenters. The van der Waals surface area contributed by atoms with Crippen LogP contribution in [0.2, 0.25) is 0 Å². The van der Waals surface area contributed by atoms with Gasteiger partial charge in [0, 0.05) is 56.6 Å². The molecule has 0 saturated carbocycles. The molecular formula is C33H55N8O19P3S. The van der Waals surface area contributed by atoms with Crippen molar-refractivity contribution in [1.82, 2.24) is 26.3 Å². The molecule has 0 bridgehead atoms. The number of pyridine rings is 1. The maximum absolute atomic E-state index is 12.7. The molecule has 14 N–H and O–H groups in total. The van der Waals surface area contributed by atoms with Crippen molar-refractivity contribution >= 4 is 82.4 Å². The van der Waals surface area contributed by atoms with Crippen LogP contribution in [0.15, 0.2) is 17.3 Å². The lowest BCUT2D eigenvalue weighted by molar-refractivity contribution is -0.137. The SMILES string of the molecule is CC(=O)N[C@@H](CCCCNC(=O)CSCCNC(=O)CCNC(=O)[C@H](O)C(C)(C)COP(=O)(O)OP(=O)(O)OC[C@H]1O[C@@H](C2C=Nc3c(N)ccnc32)[C@H](O)[C@@H]1OP(=O)(O)O)C(N)=O. The van der Waals surface area contributed by atoms with E-state index in [1.165, 1.54) is 51.0 Å². The summed E-state index contributed by atoms with van der Waals surface area (Å²) in [5.41, 5.74) is 10.3. The van der Waals surface area contributed by atoms with Crippen LogP contribution in [0.3, 0.4) is 0 Å². The quantitative estimate of drug-likeness (QED) is 0.0330. The number of aliphatic hydroxyl groups is 2. The van der Waals surface area contributed by atoms with Crippen LogP contribution >= 0.6 is 35.2 Å². The minimum atomic E-state index is -5.57. The number of fused-ring (bicyclic) bond motifs is 1. The Bertz CT molecular complexity index is 2000. The van der Waals surface area contributed by atoms with E-state index in [0.717, 1.165) is 0 Å². The average molecular weight is 993 g/mol. The number of aliphatic imine (C=N–C) groups is 1. The molecule has 0 aromatic carbocycles. The lowest BCUT2D eigenvalue weighted by atomic mass is 9.87. The molecule has 64 heavy (non-hydrogen) atoms. The fourth-order valence-electron chi connectivity index (χ4n) is 6.04. The molecular weight excluding hydrogens is 937 g/mol. The summed E-state index contributed by atoms with van der Waals surface area (Å²) in [5.74, 6) is -3.11. The lowest BCUT2D eigenvalue weighted by Crippen LogP contribution is -2.46. The summed E-state index contributed by atoms with van der Waals surface area (Å²) >= 11 is 1.26. The van der Waals surface area contributed by atoms with E-state index in [4.69, 9.17) is 25.3 Å². The number of aliphatic hydroxyl groups excluding tert-OH is 2. The maximum Gasteiger partial charge on any atom is 0.481 e. The molecule has 3 heterocycles. The number of amides is 5. The Balaban J connectivity index is 1.36. The van der Waals surface area contributed by atoms with Crippen molar-refractivity contribution in [2.24, 2.45) is 16.1 Å². The third-order valence-corrected chi connectivity index (χ3v) is 13.3. The summed E-state index contributed by atoms with van der Waals surface area (Å²) in [5, 5.41) is 31.7. The normalized spacial score (nSPS) is 22.4. The number of ether oxygens (including phenoxy) is 1. The number of rotatable bonds is 28. The first-order valence-corrected chi connectivity index (χ1v) is 25.0. The highest BCUT2D eigenvalue weighted by atomic mass is 32.2. The molecule has 2 aliphatic rings. The molecule has 27 nitrogen and oxygen atoms in total. The molecule has 2 aliphatic heterocycles. The van der Waals surface area contributed by atoms with Crippen molar-refractivity contribution in [3.63, 3.8) is 0 Å². The molecule has 1 saturated heterocycles. The number of anilines is 1. The number of carbonyl (C=O) groups is 5. The summed E-state index contributed by atoms with van der Waals surface area (Å²) in [6.07, 6.45) is -4.70. The first-order valence-electron chi connectivity index (χ1n) is 19.4. The second kappa shape index (κ2) is 24.4. The number of nitrogen functional groups attached to an aromatic ring is 1. The van der Waals surface area contributed by atoms with Gasteiger partial charge in [0.05, 0.1) is 36.3 Å². The van der Waals surface area contributed by atoms with Gasteiger partial charge in [-0.3, -0.25) is 47.5 Å². The second-order valence-electron chi connectivity index (χ2n) is 15.1. The van der Waals surface area contributed by atoms with Crippen LogP contribution in [0.1, 0.15) is 58.1 Å². The number of hydrogen-bond acceptors (Lipinski definition) is 19. The Labute approximate surface area is 371 Å². The standard InChI is InChI=1S/C33H55N8O19P3S/c1-18(42)41-21(31(35)47)6-4-5-9-36-24(44)16-64-13-12-37-23(43)8-11-39-32(48)30(46)33(2,3)17-57-63(54,55)60-62(52,53)56-15-22-29(59-61(49,50)51)27(45)28(58-22)19-14-40-26-20(34)7-10-38-25(19)26/h7,10,14,19,21-22,27-30,45-46H,4-6,8-9,11-13,15-17H2,1-3H3,(H2,34,38)(H2,35,47)(H,36,44)(H,37,43)(H,39,48)(H,41,42)(H,52,53)(H,54,55)(H2,49,50,51)/t19?,21-,22+,27-,28-,29+,30-/m0/s1. The Morgan fingerprint density at radius 1 is 0.984 bits per heavy atom. The van der Waals surface area contributed by atoms with Gasteiger partial charge in [-0.15, -0.1) is 0 Å². The van der Waals surface area contributed by atoms with Crippen LogP contribution in [-0.2, 0) is 60.3 Å². The Hall–Kier alpha value is -3.43. The fourth-order valence-corrected chi connectivity index (χ4v) is 9.55. The molecule has 3 rings (SSSR count). The molecule has 1 aromatic heterocycles. The van der Waals surface area contributed by atoms with Crippen LogP contribution < -0.4 is 32.7 Å². The van der Waals surface area contributed by atoms with Gasteiger partial charge in [-0.2, -0.15) is 16.1 Å². The Morgan fingerprint density at radius 2 is 1.66 bits per heavy atom. The van der Waals surface area contributed by atoms with Crippen LogP contribution in [0.5, 0.6) is 0 Å². The monoisotopic (exact) mass is 992 g/mol. The van der Waals surface area contributed by atoms with Gasteiger partial charge in [0.2, 0.25) is 29.5 Å². The summed E-state index contributed by atoms with van der Waals surface area (Å²) in [7, 11) is -16.4. The van der Waals surface area contributed by atoms with Crippen molar-refractivity contribution in [3.8, 4) is 0 Å². The first-order chi connectivity index (χ1) is 29.7. The largest absolute Gasteiger partial charge is 0.481 e. The number of phosphoric acid groups is 3. The van der Waals surface area contributed by atoms with Gasteiger partial charge in [-0.25, -0.2) is 13.7 Å². The van der Waals surface area contributed by atoms with Gasteiger partial charge in [0.15, 0.2) is 0 Å². The zero-order valence-corrected chi connectivity index (χ0v) is 38.3. The lowest BCUT2D eigenvalue weighted by Gasteiger charge is -2.30. The number of aromatic nitrogens is 1. The van der Waals surface area contributed by atoms with E-state index in [0.29, 0.717) is 31.6 Å². The van der Waals surface area contributed by atoms with Crippen LogP contribution in [0, 0.1) is 5.41 Å². The molecule has 0 radical (unpaired) electrons. The molecule has 5 amide bonds. The summed E-state index contributed by atoms with van der Waals surface area (Å²) in [6.45, 7) is 2.09. The predicted octanol–water partition coefficient (Wildman–Crippen LogP) is -1.66. The Kier molecular flexibility index (Phi) is 20.9. The van der Waals surface area contributed by atoms with E-state index in [1.54, 1.807) is 0 Å². The topological polar surface area (TPSA) is 429 Å². The van der Waals surface area contributed by atoms with Crippen molar-refractivity contribution in [2.75, 3.05) is 50.1 Å². The third kappa shape index (κ3) is 18.1. The highest BCUT2D eigenvalue weighted by Gasteiger charge is 2.52. The van der Waals surface area contributed by atoms with Crippen LogP contribution in [0.4, 0.5) is 11.4 Å². The molecule has 0 aliphatic carbocycles. The van der Waals surface area contributed by atoms with Crippen LogP contribution in [-0.4, -0.2) is 151 Å². The number of phosphoric ester groups is 3. The number of nitrogens with one attached hydrogen (secondary N) is 4. The van der Waals surface area contributed by atoms with Gasteiger partial charge in [0.1, 0.15) is 42.2 Å². The van der Waals surface area contributed by atoms with Crippen molar-refractivity contribution in [3.05, 3.63) is 18.0 Å². The number of unbranched alkanes of at least 4 members (excludes halogenated alkanes) is 1. The number of nitrogens with two attached hydrogens (primary N) is 2. The molecule has 1 fully saturated rings. The number of carbonyl (C=O) groups excluding carboxylic acids is 5. The molecule has 362 valence electrons. The summed E-state index contributed by atoms with van der Waals surface area (Å²) < 4.78 is 61.3. The maximum atomic E-state index is 12.7. The minimum Gasteiger partial charge on any atom is -0.397 e. The highest BCUT2D eigenvalue weighted by molar-refractivity contribution is 7.99. The predicted molar refractivity (Wildman–Crippen MR) is 225 cm³/mol.